The highest BCUT2D eigenvalue weighted by Crippen LogP contribution is 2.34. The van der Waals surface area contributed by atoms with Crippen LogP contribution in [0.4, 0.5) is 0 Å². The summed E-state index contributed by atoms with van der Waals surface area (Å²) in [6, 6.07) is 10.6. The monoisotopic (exact) mass is 520 g/mol. The van der Waals surface area contributed by atoms with Gasteiger partial charge in [-0.3, -0.25) is 0 Å². The second-order valence-corrected chi connectivity index (χ2v) is 10.6. The SMILES string of the molecule is CCCCc1nc(C(CCC)(OC)OC)nn1Cc1ccc(-n2ccc(C(C)(C)C)c2-c2nn[nH]n2)cc1. The summed E-state index contributed by atoms with van der Waals surface area (Å²) in [7, 11) is 3.30. The molecule has 0 radical (unpaired) electrons. The van der Waals surface area contributed by atoms with Crippen molar-refractivity contribution >= 4 is 0 Å². The van der Waals surface area contributed by atoms with Gasteiger partial charge in [0.25, 0.3) is 0 Å². The van der Waals surface area contributed by atoms with E-state index >= 15 is 0 Å². The summed E-state index contributed by atoms with van der Waals surface area (Å²) < 4.78 is 15.7. The second-order valence-electron chi connectivity index (χ2n) is 10.6. The van der Waals surface area contributed by atoms with Gasteiger partial charge in [-0.2, -0.15) is 5.21 Å². The number of tetrazole rings is 1. The lowest BCUT2D eigenvalue weighted by molar-refractivity contribution is -0.225. The number of hydrogen-bond acceptors (Lipinski definition) is 7. The Morgan fingerprint density at radius 3 is 2.29 bits per heavy atom. The molecule has 0 bridgehead atoms. The minimum absolute atomic E-state index is 0.0712. The number of hydrogen-bond donors (Lipinski definition) is 1. The predicted octanol–water partition coefficient (Wildman–Crippen LogP) is 5.18. The van der Waals surface area contributed by atoms with E-state index in [4.69, 9.17) is 19.6 Å². The zero-order chi connectivity index (χ0) is 27.3. The Morgan fingerprint density at radius 1 is 0.974 bits per heavy atom. The maximum atomic E-state index is 5.79. The molecule has 0 amide bonds. The first-order chi connectivity index (χ1) is 18.3. The Bertz CT molecular complexity index is 1300. The quantitative estimate of drug-likeness (QED) is 0.256. The fourth-order valence-corrected chi connectivity index (χ4v) is 4.77. The van der Waals surface area contributed by atoms with E-state index in [1.54, 1.807) is 14.2 Å². The highest BCUT2D eigenvalue weighted by atomic mass is 16.7. The van der Waals surface area contributed by atoms with Gasteiger partial charge in [0, 0.05) is 38.9 Å². The second kappa shape index (κ2) is 11.6. The van der Waals surface area contributed by atoms with Crippen LogP contribution in [0.15, 0.2) is 36.5 Å². The molecule has 0 aliphatic heterocycles. The summed E-state index contributed by atoms with van der Waals surface area (Å²) in [6.45, 7) is 11.4. The van der Waals surface area contributed by atoms with Crippen LogP contribution in [0.5, 0.6) is 0 Å². The van der Waals surface area contributed by atoms with Gasteiger partial charge in [-0.15, -0.1) is 15.3 Å². The van der Waals surface area contributed by atoms with Gasteiger partial charge in [0.2, 0.25) is 17.4 Å². The zero-order valence-corrected chi connectivity index (χ0v) is 23.7. The number of rotatable bonds is 12. The molecule has 0 unspecified atom stereocenters. The van der Waals surface area contributed by atoms with Crippen molar-refractivity contribution in [2.45, 2.75) is 84.5 Å². The molecule has 38 heavy (non-hydrogen) atoms. The van der Waals surface area contributed by atoms with Crippen molar-refractivity contribution in [1.82, 2.24) is 40.0 Å². The lowest BCUT2D eigenvalue weighted by Crippen LogP contribution is -2.32. The van der Waals surface area contributed by atoms with E-state index in [0.29, 0.717) is 24.6 Å². The summed E-state index contributed by atoms with van der Waals surface area (Å²) >= 11 is 0. The molecule has 10 heteroatoms. The van der Waals surface area contributed by atoms with Gasteiger partial charge in [-0.25, -0.2) is 9.67 Å². The standard InChI is InChI=1S/C28H40N8O2/c1-8-10-11-23-29-26(28(37-6,38-7)17-9-2)32-36(23)19-20-12-14-21(15-13-20)35-18-16-22(27(3,4)5)24(35)25-30-33-34-31-25/h12-16,18H,8-11,17,19H2,1-7H3,(H,30,31,33,34). The van der Waals surface area contributed by atoms with Gasteiger partial charge in [0.1, 0.15) is 5.82 Å². The van der Waals surface area contributed by atoms with Crippen molar-refractivity contribution in [3.8, 4) is 17.2 Å². The number of nitrogens with one attached hydrogen (secondary N) is 1. The number of aromatic nitrogens is 8. The van der Waals surface area contributed by atoms with Crippen molar-refractivity contribution in [2.24, 2.45) is 0 Å². The third-order valence-corrected chi connectivity index (χ3v) is 6.88. The number of H-pyrrole nitrogens is 1. The molecule has 0 fully saturated rings. The van der Waals surface area contributed by atoms with E-state index < -0.39 is 5.79 Å². The molecule has 3 aromatic heterocycles. The number of benzene rings is 1. The van der Waals surface area contributed by atoms with Gasteiger partial charge in [-0.05, 0) is 46.4 Å². The van der Waals surface area contributed by atoms with Crippen LogP contribution in [0.2, 0.25) is 0 Å². The normalized spacial score (nSPS) is 12.4. The molecule has 1 N–H and O–H groups in total. The van der Waals surface area contributed by atoms with Gasteiger partial charge in [0.05, 0.1) is 12.2 Å². The van der Waals surface area contributed by atoms with Gasteiger partial charge < -0.3 is 14.0 Å². The molecule has 1 aromatic carbocycles. The van der Waals surface area contributed by atoms with E-state index in [2.05, 4.69) is 96.3 Å². The van der Waals surface area contributed by atoms with Crippen LogP contribution in [-0.2, 0) is 33.6 Å². The van der Waals surface area contributed by atoms with Crippen molar-refractivity contribution in [3.05, 3.63) is 59.3 Å². The average Bonchev–Trinajstić information content (AvgIpc) is 3.66. The van der Waals surface area contributed by atoms with Crippen LogP contribution in [0, 0.1) is 0 Å². The van der Waals surface area contributed by atoms with Crippen LogP contribution < -0.4 is 0 Å². The highest BCUT2D eigenvalue weighted by molar-refractivity contribution is 5.62. The number of aryl methyl sites for hydroxylation is 1. The highest BCUT2D eigenvalue weighted by Gasteiger charge is 2.36. The number of ether oxygens (including phenoxy) is 2. The first-order valence-corrected chi connectivity index (χ1v) is 13.4. The lowest BCUT2D eigenvalue weighted by atomic mass is 9.87. The third-order valence-electron chi connectivity index (χ3n) is 6.88. The van der Waals surface area contributed by atoms with E-state index in [-0.39, 0.29) is 5.41 Å². The maximum Gasteiger partial charge on any atom is 0.231 e. The molecule has 0 saturated heterocycles. The van der Waals surface area contributed by atoms with E-state index in [1.165, 1.54) is 0 Å². The Hall–Kier alpha value is -3.37. The van der Waals surface area contributed by atoms with E-state index in [9.17, 15) is 0 Å². The topological polar surface area (TPSA) is 109 Å². The number of aromatic amines is 1. The maximum absolute atomic E-state index is 5.79. The first-order valence-electron chi connectivity index (χ1n) is 13.4. The molecule has 0 spiro atoms. The van der Waals surface area contributed by atoms with Crippen molar-refractivity contribution in [1.29, 1.82) is 0 Å². The summed E-state index contributed by atoms with van der Waals surface area (Å²) in [5.41, 5.74) is 4.18. The molecular weight excluding hydrogens is 480 g/mol. The molecule has 0 aliphatic carbocycles. The molecule has 10 nitrogen and oxygen atoms in total. The Balaban J connectivity index is 1.66. The van der Waals surface area contributed by atoms with Crippen LogP contribution in [0.3, 0.4) is 0 Å². The summed E-state index contributed by atoms with van der Waals surface area (Å²) in [5, 5.41) is 19.8. The number of unbranched alkanes of at least 4 members (excludes halogenated alkanes) is 1. The van der Waals surface area contributed by atoms with Crippen molar-refractivity contribution in [3.63, 3.8) is 0 Å². The summed E-state index contributed by atoms with van der Waals surface area (Å²) in [5.74, 6) is 1.17. The fraction of sp³-hybridized carbons (Fsp3) is 0.536. The van der Waals surface area contributed by atoms with E-state index in [0.717, 1.165) is 54.0 Å². The Kier molecular flexibility index (Phi) is 8.42. The van der Waals surface area contributed by atoms with E-state index in [1.807, 2.05) is 4.68 Å². The summed E-state index contributed by atoms with van der Waals surface area (Å²) in [6.07, 6.45) is 6.62. The molecule has 0 aliphatic rings. The summed E-state index contributed by atoms with van der Waals surface area (Å²) in [4.78, 5) is 4.88. The van der Waals surface area contributed by atoms with Gasteiger partial charge in [-0.1, -0.05) is 59.6 Å². The van der Waals surface area contributed by atoms with Crippen LogP contribution >= 0.6 is 0 Å². The predicted molar refractivity (Wildman–Crippen MR) is 146 cm³/mol. The van der Waals surface area contributed by atoms with Crippen LogP contribution in [0.1, 0.15) is 83.1 Å². The molecule has 0 saturated carbocycles. The zero-order valence-electron chi connectivity index (χ0n) is 23.7. The van der Waals surface area contributed by atoms with Crippen LogP contribution in [0.25, 0.3) is 17.2 Å². The largest absolute Gasteiger partial charge is 0.347 e. The molecule has 204 valence electrons. The Morgan fingerprint density at radius 2 is 1.71 bits per heavy atom. The minimum Gasteiger partial charge on any atom is -0.347 e. The molecular formula is C28H40N8O2. The van der Waals surface area contributed by atoms with Gasteiger partial charge in [0.15, 0.2) is 0 Å². The number of methoxy groups -OCH3 is 2. The van der Waals surface area contributed by atoms with Crippen molar-refractivity contribution < 1.29 is 9.47 Å². The molecule has 4 aromatic rings. The lowest BCUT2D eigenvalue weighted by Gasteiger charge is -2.27. The van der Waals surface area contributed by atoms with Crippen LogP contribution in [-0.4, -0.2) is 54.2 Å². The minimum atomic E-state index is -0.935. The van der Waals surface area contributed by atoms with Crippen molar-refractivity contribution in [2.75, 3.05) is 14.2 Å². The number of nitrogens with zero attached hydrogens (tertiary/aromatic N) is 7. The fourth-order valence-electron chi connectivity index (χ4n) is 4.77. The molecule has 4 rings (SSSR count). The molecule has 0 atom stereocenters. The smallest absolute Gasteiger partial charge is 0.231 e. The molecule has 3 heterocycles. The Labute approximate surface area is 224 Å². The average molecular weight is 521 g/mol. The first kappa shape index (κ1) is 27.7. The third kappa shape index (κ3) is 5.56. The van der Waals surface area contributed by atoms with Gasteiger partial charge >= 0.3 is 0 Å².